The van der Waals surface area contributed by atoms with E-state index in [0.717, 1.165) is 55.7 Å². The summed E-state index contributed by atoms with van der Waals surface area (Å²) in [6.07, 6.45) is 0. The molecule has 0 bridgehead atoms. The Morgan fingerprint density at radius 1 is 0.520 bits per heavy atom. The highest BCUT2D eigenvalue weighted by Crippen LogP contribution is 2.55. The second kappa shape index (κ2) is 10.8. The van der Waals surface area contributed by atoms with Crippen LogP contribution in [0.4, 0.5) is 17.1 Å². The number of oxazole rings is 1. The van der Waals surface area contributed by atoms with E-state index >= 15 is 0 Å². The minimum atomic E-state index is -0.131. The van der Waals surface area contributed by atoms with Crippen LogP contribution >= 0.6 is 0 Å². The fourth-order valence-electron chi connectivity index (χ4n) is 7.88. The molecule has 1 aliphatic rings. The van der Waals surface area contributed by atoms with Crippen LogP contribution in [-0.2, 0) is 5.41 Å². The van der Waals surface area contributed by atoms with Crippen molar-refractivity contribution in [3.05, 3.63) is 169 Å². The number of anilines is 3. The molecule has 0 atom stereocenters. The van der Waals surface area contributed by atoms with Crippen molar-refractivity contribution in [2.45, 2.75) is 19.3 Å². The summed E-state index contributed by atoms with van der Waals surface area (Å²) in [6.45, 7) is 4.66. The Balaban J connectivity index is 1.23. The van der Waals surface area contributed by atoms with Crippen molar-refractivity contribution in [3.63, 3.8) is 0 Å². The summed E-state index contributed by atoms with van der Waals surface area (Å²) < 4.78 is 13.0. The molecule has 2 aromatic heterocycles. The molecule has 50 heavy (non-hydrogen) atoms. The van der Waals surface area contributed by atoms with Crippen molar-refractivity contribution >= 4 is 50.1 Å². The molecule has 10 rings (SSSR count). The lowest BCUT2D eigenvalue weighted by molar-refractivity contribution is 0.620. The molecule has 0 N–H and O–H groups in total. The van der Waals surface area contributed by atoms with Crippen LogP contribution in [0.5, 0.6) is 0 Å². The largest absolute Gasteiger partial charge is 0.456 e. The summed E-state index contributed by atoms with van der Waals surface area (Å²) in [5.41, 5.74) is 14.7. The van der Waals surface area contributed by atoms with Crippen molar-refractivity contribution < 1.29 is 8.83 Å². The Bertz CT molecular complexity index is 2720. The van der Waals surface area contributed by atoms with Crippen LogP contribution in [0.25, 0.3) is 66.7 Å². The number of hydrogen-bond donors (Lipinski definition) is 0. The zero-order chi connectivity index (χ0) is 33.4. The van der Waals surface area contributed by atoms with Gasteiger partial charge in [0.25, 0.3) is 0 Å². The smallest absolute Gasteiger partial charge is 0.227 e. The van der Waals surface area contributed by atoms with Crippen molar-refractivity contribution in [1.29, 1.82) is 0 Å². The summed E-state index contributed by atoms with van der Waals surface area (Å²) in [5, 5.41) is 2.01. The van der Waals surface area contributed by atoms with E-state index < -0.39 is 0 Å². The van der Waals surface area contributed by atoms with Gasteiger partial charge in [-0.2, -0.15) is 0 Å². The first-order valence-electron chi connectivity index (χ1n) is 17.0. The van der Waals surface area contributed by atoms with Gasteiger partial charge in [-0.25, -0.2) is 4.98 Å². The second-order valence-electron chi connectivity index (χ2n) is 13.6. The number of furan rings is 1. The van der Waals surface area contributed by atoms with E-state index in [2.05, 4.69) is 134 Å². The minimum absolute atomic E-state index is 0.131. The number of rotatable bonds is 5. The van der Waals surface area contributed by atoms with Crippen molar-refractivity contribution in [3.8, 4) is 33.7 Å². The number of aromatic nitrogens is 1. The molecule has 7 aromatic carbocycles. The molecule has 1 aliphatic carbocycles. The Hall–Kier alpha value is -6.39. The van der Waals surface area contributed by atoms with E-state index in [1.54, 1.807) is 0 Å². The maximum atomic E-state index is 6.59. The monoisotopic (exact) mass is 644 g/mol. The summed E-state index contributed by atoms with van der Waals surface area (Å²) >= 11 is 0. The van der Waals surface area contributed by atoms with Crippen LogP contribution in [0, 0.1) is 0 Å². The normalized spacial score (nSPS) is 13.2. The Morgan fingerprint density at radius 2 is 1.18 bits per heavy atom. The van der Waals surface area contributed by atoms with E-state index in [1.165, 1.54) is 33.4 Å². The first-order chi connectivity index (χ1) is 24.5. The lowest BCUT2D eigenvalue weighted by Crippen LogP contribution is -2.16. The first kappa shape index (κ1) is 28.6. The predicted octanol–water partition coefficient (Wildman–Crippen LogP) is 12.8. The molecule has 9 aromatic rings. The highest BCUT2D eigenvalue weighted by atomic mass is 16.4. The van der Waals surface area contributed by atoms with Crippen LogP contribution < -0.4 is 4.90 Å². The van der Waals surface area contributed by atoms with Crippen LogP contribution in [0.2, 0.25) is 0 Å². The summed E-state index contributed by atoms with van der Waals surface area (Å²) in [6, 6.07) is 55.5. The molecular formula is C46H32N2O2. The third-order valence-electron chi connectivity index (χ3n) is 10.3. The lowest BCUT2D eigenvalue weighted by atomic mass is 9.82. The summed E-state index contributed by atoms with van der Waals surface area (Å²) in [7, 11) is 0. The molecule has 0 radical (unpaired) electrons. The van der Waals surface area contributed by atoms with Gasteiger partial charge >= 0.3 is 0 Å². The van der Waals surface area contributed by atoms with Gasteiger partial charge in [0.1, 0.15) is 16.7 Å². The lowest BCUT2D eigenvalue weighted by Gasteiger charge is -2.29. The second-order valence-corrected chi connectivity index (χ2v) is 13.6. The van der Waals surface area contributed by atoms with E-state index in [1.807, 2.05) is 42.5 Å². The van der Waals surface area contributed by atoms with Gasteiger partial charge in [0.15, 0.2) is 5.58 Å². The van der Waals surface area contributed by atoms with Gasteiger partial charge < -0.3 is 13.7 Å². The maximum absolute atomic E-state index is 6.59. The van der Waals surface area contributed by atoms with Gasteiger partial charge in [-0.3, -0.25) is 0 Å². The molecule has 0 saturated carbocycles. The average Bonchev–Trinajstić information content (AvgIpc) is 3.82. The summed E-state index contributed by atoms with van der Waals surface area (Å²) in [4.78, 5) is 7.23. The van der Waals surface area contributed by atoms with Gasteiger partial charge in [-0.15, -0.1) is 0 Å². The fourth-order valence-corrected chi connectivity index (χ4v) is 7.88. The SMILES string of the molecule is CC1(C)c2ccccc2-c2c(N(c3ccc(-c4ccccc4)cc3)c3cccc4oc5cc6nc(-c7ccccc7)oc6cc5c34)cccc21. The molecule has 4 heteroatoms. The Labute approximate surface area is 289 Å². The molecule has 0 spiro atoms. The first-order valence-corrected chi connectivity index (χ1v) is 17.0. The molecule has 0 saturated heterocycles. The number of hydrogen-bond acceptors (Lipinski definition) is 4. The Kier molecular flexibility index (Phi) is 6.19. The summed E-state index contributed by atoms with van der Waals surface area (Å²) in [5.74, 6) is 0.596. The van der Waals surface area contributed by atoms with E-state index in [-0.39, 0.29) is 5.41 Å². The maximum Gasteiger partial charge on any atom is 0.227 e. The zero-order valence-electron chi connectivity index (χ0n) is 27.7. The highest BCUT2D eigenvalue weighted by molar-refractivity contribution is 6.16. The van der Waals surface area contributed by atoms with Crippen molar-refractivity contribution in [2.24, 2.45) is 0 Å². The van der Waals surface area contributed by atoms with Gasteiger partial charge in [0, 0.05) is 33.7 Å². The molecule has 2 heterocycles. The van der Waals surface area contributed by atoms with Gasteiger partial charge in [0.2, 0.25) is 5.89 Å². The third-order valence-corrected chi connectivity index (χ3v) is 10.3. The van der Waals surface area contributed by atoms with Crippen molar-refractivity contribution in [2.75, 3.05) is 4.90 Å². The molecule has 0 unspecified atom stereocenters. The Morgan fingerprint density at radius 3 is 1.98 bits per heavy atom. The fraction of sp³-hybridized carbons (Fsp3) is 0.0652. The number of fused-ring (bicyclic) bond motifs is 7. The zero-order valence-corrected chi connectivity index (χ0v) is 27.7. The molecule has 0 amide bonds. The van der Waals surface area contributed by atoms with Crippen LogP contribution in [0.3, 0.4) is 0 Å². The standard InChI is InChI=1S/C46H32N2O2/c1-46(2)35-18-10-9-17-33(35)43-36(46)19-11-20-38(43)48(32-25-23-30(24-26-32)29-13-5-3-6-14-29)39-21-12-22-40-44(39)34-27-42-37(28-41(34)49-40)47-45(50-42)31-15-7-4-8-16-31/h3-28H,1-2H3. The third kappa shape index (κ3) is 4.28. The topological polar surface area (TPSA) is 42.4 Å². The minimum Gasteiger partial charge on any atom is -0.456 e. The number of benzene rings is 7. The number of nitrogens with zero attached hydrogens (tertiary/aromatic N) is 2. The van der Waals surface area contributed by atoms with Gasteiger partial charge in [0.05, 0.1) is 16.8 Å². The van der Waals surface area contributed by atoms with E-state index in [0.29, 0.717) is 5.89 Å². The molecule has 238 valence electrons. The molecule has 0 fully saturated rings. The van der Waals surface area contributed by atoms with Crippen LogP contribution in [0.15, 0.2) is 167 Å². The van der Waals surface area contributed by atoms with E-state index in [9.17, 15) is 0 Å². The van der Waals surface area contributed by atoms with Crippen LogP contribution in [0.1, 0.15) is 25.0 Å². The average molecular weight is 645 g/mol. The molecule has 0 aliphatic heterocycles. The highest BCUT2D eigenvalue weighted by Gasteiger charge is 2.38. The molecular weight excluding hydrogens is 613 g/mol. The van der Waals surface area contributed by atoms with E-state index in [4.69, 9.17) is 13.8 Å². The van der Waals surface area contributed by atoms with Crippen molar-refractivity contribution in [1.82, 2.24) is 4.98 Å². The van der Waals surface area contributed by atoms with Gasteiger partial charge in [-0.05, 0) is 76.3 Å². The van der Waals surface area contributed by atoms with Crippen LogP contribution in [-0.4, -0.2) is 4.98 Å². The molecule has 4 nitrogen and oxygen atoms in total. The predicted molar refractivity (Wildman–Crippen MR) is 204 cm³/mol. The van der Waals surface area contributed by atoms with Gasteiger partial charge in [-0.1, -0.05) is 117 Å². The quantitative estimate of drug-likeness (QED) is 0.187.